The van der Waals surface area contributed by atoms with E-state index in [9.17, 15) is 0 Å². The summed E-state index contributed by atoms with van der Waals surface area (Å²) in [4.78, 5) is 4.42. The van der Waals surface area contributed by atoms with Crippen molar-refractivity contribution in [3.05, 3.63) is 60.4 Å². The number of benzene rings is 1. The maximum Gasteiger partial charge on any atom is 0.0927 e. The number of anilines is 1. The summed E-state index contributed by atoms with van der Waals surface area (Å²) < 4.78 is 1.88. The number of aromatic nitrogens is 3. The van der Waals surface area contributed by atoms with Gasteiger partial charge >= 0.3 is 0 Å². The van der Waals surface area contributed by atoms with E-state index >= 15 is 0 Å². The Morgan fingerprint density at radius 3 is 2.63 bits per heavy atom. The fourth-order valence-corrected chi connectivity index (χ4v) is 2.12. The van der Waals surface area contributed by atoms with Crippen molar-refractivity contribution in [3.63, 3.8) is 0 Å². The molecular formula is C15H14N4. The second-order valence-corrected chi connectivity index (χ2v) is 4.40. The minimum Gasteiger partial charge on any atom is -0.397 e. The lowest BCUT2D eigenvalue weighted by molar-refractivity contribution is 0.883. The van der Waals surface area contributed by atoms with Crippen LogP contribution in [-0.4, -0.2) is 14.8 Å². The van der Waals surface area contributed by atoms with Crippen LogP contribution in [0, 0.1) is 6.92 Å². The van der Waals surface area contributed by atoms with Gasteiger partial charge in [0.15, 0.2) is 0 Å². The molecule has 19 heavy (non-hydrogen) atoms. The third-order valence-corrected chi connectivity index (χ3v) is 2.99. The normalized spacial score (nSPS) is 10.6. The standard InChI is InChI=1S/C15H14N4/c1-11-9-12(16)10-17-15(11)14-7-8-18-19(14)13-5-3-2-4-6-13/h2-10H,16H2,1H3. The molecule has 0 aliphatic carbocycles. The molecule has 0 aliphatic rings. The summed E-state index contributed by atoms with van der Waals surface area (Å²) in [5.74, 6) is 0. The number of aryl methyl sites for hydroxylation is 1. The number of nitrogen functional groups attached to an aromatic ring is 1. The molecule has 0 saturated carbocycles. The highest BCUT2D eigenvalue weighted by Crippen LogP contribution is 2.24. The Bertz CT molecular complexity index is 701. The van der Waals surface area contributed by atoms with Crippen molar-refractivity contribution >= 4 is 5.69 Å². The predicted molar refractivity (Wildman–Crippen MR) is 75.9 cm³/mol. The van der Waals surface area contributed by atoms with Crippen LogP contribution in [0.5, 0.6) is 0 Å². The van der Waals surface area contributed by atoms with E-state index < -0.39 is 0 Å². The first-order valence-corrected chi connectivity index (χ1v) is 6.07. The van der Waals surface area contributed by atoms with Gasteiger partial charge in [-0.25, -0.2) is 4.68 Å². The Hall–Kier alpha value is -2.62. The van der Waals surface area contributed by atoms with Crippen LogP contribution >= 0.6 is 0 Å². The van der Waals surface area contributed by atoms with E-state index in [0.29, 0.717) is 5.69 Å². The molecule has 2 aromatic heterocycles. The minimum absolute atomic E-state index is 0.673. The summed E-state index contributed by atoms with van der Waals surface area (Å²) in [6, 6.07) is 13.9. The predicted octanol–water partition coefficient (Wildman–Crippen LogP) is 2.82. The Morgan fingerprint density at radius 2 is 1.89 bits per heavy atom. The Kier molecular flexibility index (Phi) is 2.76. The molecule has 0 spiro atoms. The molecule has 94 valence electrons. The Labute approximate surface area is 111 Å². The number of para-hydroxylation sites is 1. The van der Waals surface area contributed by atoms with Gasteiger partial charge < -0.3 is 5.73 Å². The molecule has 0 unspecified atom stereocenters. The van der Waals surface area contributed by atoms with Gasteiger partial charge in [-0.05, 0) is 36.8 Å². The van der Waals surface area contributed by atoms with Gasteiger partial charge in [0.25, 0.3) is 0 Å². The molecule has 4 heteroatoms. The Morgan fingerprint density at radius 1 is 1.11 bits per heavy atom. The second-order valence-electron chi connectivity index (χ2n) is 4.40. The lowest BCUT2D eigenvalue weighted by Crippen LogP contribution is -2.01. The van der Waals surface area contributed by atoms with Crippen molar-refractivity contribution in [2.75, 3.05) is 5.73 Å². The summed E-state index contributed by atoms with van der Waals surface area (Å²) in [7, 11) is 0. The highest BCUT2D eigenvalue weighted by Gasteiger charge is 2.11. The van der Waals surface area contributed by atoms with E-state index in [1.807, 2.05) is 54.1 Å². The van der Waals surface area contributed by atoms with Gasteiger partial charge in [-0.1, -0.05) is 18.2 Å². The van der Waals surface area contributed by atoms with Crippen LogP contribution in [0.4, 0.5) is 5.69 Å². The van der Waals surface area contributed by atoms with E-state index in [0.717, 1.165) is 22.6 Å². The zero-order valence-corrected chi connectivity index (χ0v) is 10.6. The molecular weight excluding hydrogens is 236 g/mol. The second kappa shape index (κ2) is 4.57. The van der Waals surface area contributed by atoms with Crippen LogP contribution < -0.4 is 5.73 Å². The first-order valence-electron chi connectivity index (χ1n) is 6.07. The highest BCUT2D eigenvalue weighted by atomic mass is 15.3. The molecule has 2 heterocycles. The van der Waals surface area contributed by atoms with E-state index in [-0.39, 0.29) is 0 Å². The highest BCUT2D eigenvalue weighted by molar-refractivity contribution is 5.63. The fraction of sp³-hybridized carbons (Fsp3) is 0.0667. The molecule has 0 saturated heterocycles. The fourth-order valence-electron chi connectivity index (χ4n) is 2.12. The number of rotatable bonds is 2. The van der Waals surface area contributed by atoms with Crippen LogP contribution in [-0.2, 0) is 0 Å². The monoisotopic (exact) mass is 250 g/mol. The number of nitrogens with zero attached hydrogens (tertiary/aromatic N) is 3. The summed E-state index contributed by atoms with van der Waals surface area (Å²) in [5, 5.41) is 4.37. The van der Waals surface area contributed by atoms with E-state index in [4.69, 9.17) is 5.73 Å². The van der Waals surface area contributed by atoms with Crippen molar-refractivity contribution in [2.45, 2.75) is 6.92 Å². The molecule has 0 radical (unpaired) electrons. The smallest absolute Gasteiger partial charge is 0.0927 e. The van der Waals surface area contributed by atoms with Crippen LogP contribution in [0.3, 0.4) is 0 Å². The van der Waals surface area contributed by atoms with Crippen LogP contribution in [0.25, 0.3) is 17.1 Å². The van der Waals surface area contributed by atoms with Gasteiger partial charge in [-0.3, -0.25) is 4.98 Å². The number of hydrogen-bond donors (Lipinski definition) is 1. The molecule has 0 aliphatic heterocycles. The van der Waals surface area contributed by atoms with Crippen LogP contribution in [0.2, 0.25) is 0 Å². The third kappa shape index (κ3) is 2.08. The minimum atomic E-state index is 0.673. The zero-order chi connectivity index (χ0) is 13.2. The van der Waals surface area contributed by atoms with Crippen molar-refractivity contribution in [3.8, 4) is 17.1 Å². The van der Waals surface area contributed by atoms with Gasteiger partial charge in [0.05, 0.1) is 35.2 Å². The van der Waals surface area contributed by atoms with Crippen molar-refractivity contribution in [2.24, 2.45) is 0 Å². The lowest BCUT2D eigenvalue weighted by Gasteiger charge is -2.09. The van der Waals surface area contributed by atoms with E-state index in [1.165, 1.54) is 0 Å². The number of hydrogen-bond acceptors (Lipinski definition) is 3. The van der Waals surface area contributed by atoms with Gasteiger partial charge in [0.1, 0.15) is 0 Å². The SMILES string of the molecule is Cc1cc(N)cnc1-c1ccnn1-c1ccccc1. The van der Waals surface area contributed by atoms with Gasteiger partial charge in [0.2, 0.25) is 0 Å². The lowest BCUT2D eigenvalue weighted by atomic mass is 10.1. The quantitative estimate of drug-likeness (QED) is 0.760. The van der Waals surface area contributed by atoms with Crippen LogP contribution in [0.15, 0.2) is 54.9 Å². The molecule has 0 fully saturated rings. The van der Waals surface area contributed by atoms with Gasteiger partial charge in [-0.2, -0.15) is 5.10 Å². The summed E-state index contributed by atoms with van der Waals surface area (Å²) >= 11 is 0. The zero-order valence-electron chi connectivity index (χ0n) is 10.6. The molecule has 3 aromatic rings. The number of nitrogens with two attached hydrogens (primary N) is 1. The maximum absolute atomic E-state index is 5.75. The molecule has 0 atom stereocenters. The van der Waals surface area contributed by atoms with Crippen molar-refractivity contribution < 1.29 is 0 Å². The first-order chi connectivity index (χ1) is 9.25. The molecule has 0 amide bonds. The number of pyridine rings is 1. The van der Waals surface area contributed by atoms with Gasteiger partial charge in [-0.15, -0.1) is 0 Å². The van der Waals surface area contributed by atoms with Crippen molar-refractivity contribution in [1.82, 2.24) is 14.8 Å². The topological polar surface area (TPSA) is 56.7 Å². The third-order valence-electron chi connectivity index (χ3n) is 2.99. The van der Waals surface area contributed by atoms with E-state index in [1.54, 1.807) is 12.4 Å². The van der Waals surface area contributed by atoms with E-state index in [2.05, 4.69) is 10.1 Å². The Balaban J connectivity index is 2.15. The summed E-state index contributed by atoms with van der Waals surface area (Å²) in [6.45, 7) is 2.00. The average Bonchev–Trinajstić information content (AvgIpc) is 2.89. The van der Waals surface area contributed by atoms with Crippen LogP contribution in [0.1, 0.15) is 5.56 Å². The van der Waals surface area contributed by atoms with Crippen molar-refractivity contribution in [1.29, 1.82) is 0 Å². The molecule has 3 rings (SSSR count). The average molecular weight is 250 g/mol. The molecule has 4 nitrogen and oxygen atoms in total. The molecule has 2 N–H and O–H groups in total. The summed E-state index contributed by atoms with van der Waals surface area (Å²) in [6.07, 6.45) is 3.45. The summed E-state index contributed by atoms with van der Waals surface area (Å²) in [5.41, 5.74) is 10.3. The molecule has 0 bridgehead atoms. The molecule has 1 aromatic carbocycles. The maximum atomic E-state index is 5.75. The first kappa shape index (κ1) is 11.5. The van der Waals surface area contributed by atoms with Gasteiger partial charge in [0, 0.05) is 0 Å². The largest absolute Gasteiger partial charge is 0.397 e.